The highest BCUT2D eigenvalue weighted by molar-refractivity contribution is 5.73. The average Bonchev–Trinajstić information content (AvgIpc) is 3.35. The molecule has 16 atom stereocenters. The number of esters is 4. The zero-order valence-corrected chi connectivity index (χ0v) is 45.6. The molecule has 4 heterocycles. The average molecular weight is 1060 g/mol. The van der Waals surface area contributed by atoms with E-state index in [4.69, 9.17) is 42.6 Å². The van der Waals surface area contributed by atoms with Crippen molar-refractivity contribution in [2.24, 2.45) is 11.8 Å². The van der Waals surface area contributed by atoms with Gasteiger partial charge in [-0.05, 0) is 96.8 Å². The van der Waals surface area contributed by atoms with Gasteiger partial charge in [0.1, 0.15) is 43.1 Å². The number of carbonyl (C=O) groups is 5. The molecule has 0 spiro atoms. The van der Waals surface area contributed by atoms with E-state index < -0.39 is 127 Å². The largest absolute Gasteiger partial charge is 0.462 e. The fourth-order valence-corrected chi connectivity index (χ4v) is 10.5. The van der Waals surface area contributed by atoms with Crippen LogP contribution in [0.3, 0.4) is 0 Å². The molecule has 75 heavy (non-hydrogen) atoms. The first-order valence-corrected chi connectivity index (χ1v) is 26.3. The molecule has 2 aromatic rings. The Bertz CT molecular complexity index is 2170. The molecular formula is C55H82N4O16. The number of aromatic nitrogens is 2. The quantitative estimate of drug-likeness (QED) is 0.119. The molecular weight excluding hydrogens is 973 g/mol. The molecule has 3 aliphatic heterocycles. The van der Waals surface area contributed by atoms with Crippen LogP contribution in [0.15, 0.2) is 49.1 Å². The molecule has 1 aromatic carbocycles. The second-order valence-corrected chi connectivity index (χ2v) is 20.6. The number of aldehydes is 1. The molecule has 2 N–H and O–H groups in total. The lowest BCUT2D eigenvalue weighted by Gasteiger charge is -2.50. The normalized spacial score (nSPS) is 33.8. The Morgan fingerprint density at radius 2 is 1.65 bits per heavy atom. The minimum Gasteiger partial charge on any atom is -0.462 e. The number of hydrogen-bond donors (Lipinski definition) is 2. The van der Waals surface area contributed by atoms with Gasteiger partial charge in [0.05, 0.1) is 36.9 Å². The number of benzene rings is 1. The van der Waals surface area contributed by atoms with E-state index >= 15 is 0 Å². The van der Waals surface area contributed by atoms with E-state index in [1.165, 1.54) is 20.4 Å². The Kier molecular flexibility index (Phi) is 23.7. The van der Waals surface area contributed by atoms with Gasteiger partial charge in [0.25, 0.3) is 0 Å². The van der Waals surface area contributed by atoms with Gasteiger partial charge in [-0.3, -0.25) is 19.2 Å². The summed E-state index contributed by atoms with van der Waals surface area (Å²) >= 11 is 0. The Hall–Kier alpha value is -4.77. The van der Waals surface area contributed by atoms with Gasteiger partial charge in [-0.2, -0.15) is 0 Å². The number of hydrogen-bond acceptors (Lipinski definition) is 20. The van der Waals surface area contributed by atoms with Crippen LogP contribution in [0.4, 0.5) is 0 Å². The lowest BCUT2D eigenvalue weighted by molar-refractivity contribution is -0.344. The highest BCUT2D eigenvalue weighted by atomic mass is 16.7. The molecule has 0 radical (unpaired) electrons. The summed E-state index contributed by atoms with van der Waals surface area (Å²) in [5.41, 5.74) is 1.40. The van der Waals surface area contributed by atoms with Gasteiger partial charge in [-0.25, -0.2) is 9.97 Å². The summed E-state index contributed by atoms with van der Waals surface area (Å²) in [5, 5.41) is 24.1. The van der Waals surface area contributed by atoms with E-state index in [1.807, 2.05) is 55.3 Å². The molecule has 0 aliphatic carbocycles. The summed E-state index contributed by atoms with van der Waals surface area (Å²) in [6.07, 6.45) is -1.60. The maximum atomic E-state index is 14.2. The highest BCUT2D eigenvalue weighted by Gasteiger charge is 2.54. The molecule has 418 valence electrons. The van der Waals surface area contributed by atoms with Crippen LogP contribution in [0, 0.1) is 11.8 Å². The van der Waals surface area contributed by atoms with E-state index in [0.29, 0.717) is 32.4 Å². The standard InChI is InChI=1S/C55H82N4O16/c1-12-44(63)71-43-27-46(65)70-41(20-15-18-37-17-14-19-38(26-37)40-29-56-32-57-30-40)21-16-23-59(10)31-42(62)33(3)25-39(22-24-60)51(52(43)67-11)74-54-49(66)48(58(8)9)50(34(4)69-54)73-47-28-55(7,75-36(6)61)53(35(5)68-47)72-45(64)13-2/h14-15,17-19,24,26,29-30,32-35,39,41-43,47-54,62,66H,12-13,16,20-23,25,27-28,31H2,1-11H3/b18-15+/t33-,34?,35?,39+,41+,42+,43-,47+,48?,49?,50+,51+,52+,53+,54+,55?/m1/s1. The van der Waals surface area contributed by atoms with E-state index in [1.54, 1.807) is 66.0 Å². The maximum absolute atomic E-state index is 14.2. The first kappa shape index (κ1) is 61.1. The first-order valence-electron chi connectivity index (χ1n) is 26.3. The van der Waals surface area contributed by atoms with Gasteiger partial charge in [-0.15, -0.1) is 0 Å². The van der Waals surface area contributed by atoms with Crippen LogP contribution in [0.5, 0.6) is 0 Å². The van der Waals surface area contributed by atoms with Crippen molar-refractivity contribution in [1.82, 2.24) is 19.8 Å². The van der Waals surface area contributed by atoms with Crippen molar-refractivity contribution in [3.63, 3.8) is 0 Å². The van der Waals surface area contributed by atoms with Crippen LogP contribution in [-0.2, 0) is 66.6 Å². The predicted octanol–water partition coefficient (Wildman–Crippen LogP) is 5.09. The van der Waals surface area contributed by atoms with Gasteiger partial charge >= 0.3 is 23.9 Å². The summed E-state index contributed by atoms with van der Waals surface area (Å²) in [6.45, 7) is 12.4. The lowest BCUT2D eigenvalue weighted by atomic mass is 9.82. The van der Waals surface area contributed by atoms with Crippen LogP contribution in [0.2, 0.25) is 0 Å². The van der Waals surface area contributed by atoms with E-state index in [-0.39, 0.29) is 32.1 Å². The molecule has 5 rings (SSSR count). The van der Waals surface area contributed by atoms with Crippen LogP contribution in [0.1, 0.15) is 112 Å². The van der Waals surface area contributed by atoms with Crippen LogP contribution >= 0.6 is 0 Å². The van der Waals surface area contributed by atoms with E-state index in [9.17, 15) is 34.2 Å². The van der Waals surface area contributed by atoms with Gasteiger partial charge in [0.2, 0.25) is 0 Å². The van der Waals surface area contributed by atoms with Crippen LogP contribution in [0.25, 0.3) is 17.2 Å². The third-order valence-corrected chi connectivity index (χ3v) is 14.3. The molecule has 20 nitrogen and oxygen atoms in total. The number of rotatable bonds is 17. The Labute approximate surface area is 442 Å². The minimum absolute atomic E-state index is 0.0271. The Balaban J connectivity index is 1.45. The number of cyclic esters (lactones) is 1. The second-order valence-electron chi connectivity index (χ2n) is 20.6. The summed E-state index contributed by atoms with van der Waals surface area (Å²) in [5.74, 6) is -3.49. The van der Waals surface area contributed by atoms with Gasteiger partial charge in [0.15, 0.2) is 24.3 Å². The molecule has 5 unspecified atom stereocenters. The first-order chi connectivity index (χ1) is 35.7. The van der Waals surface area contributed by atoms with Gasteiger partial charge < -0.3 is 67.4 Å². The number of likely N-dealkylation sites (N-methyl/N-ethyl adjacent to an activating group) is 2. The smallest absolute Gasteiger partial charge is 0.309 e. The Morgan fingerprint density at radius 3 is 2.31 bits per heavy atom. The van der Waals surface area contributed by atoms with Gasteiger partial charge in [0, 0.05) is 70.6 Å². The fourth-order valence-electron chi connectivity index (χ4n) is 10.5. The topological polar surface area (TPSA) is 241 Å². The van der Waals surface area contributed by atoms with Crippen molar-refractivity contribution >= 4 is 36.2 Å². The molecule has 3 fully saturated rings. The summed E-state index contributed by atoms with van der Waals surface area (Å²) < 4.78 is 56.2. The Morgan fingerprint density at radius 1 is 0.947 bits per heavy atom. The number of aliphatic hydroxyl groups is 2. The lowest BCUT2D eigenvalue weighted by Crippen LogP contribution is -2.66. The van der Waals surface area contributed by atoms with Crippen molar-refractivity contribution in [1.29, 1.82) is 0 Å². The van der Waals surface area contributed by atoms with Crippen molar-refractivity contribution in [3.05, 3.63) is 54.6 Å². The molecule has 0 saturated carbocycles. The predicted molar refractivity (Wildman–Crippen MR) is 274 cm³/mol. The summed E-state index contributed by atoms with van der Waals surface area (Å²) in [7, 11) is 6.79. The molecule has 20 heteroatoms. The van der Waals surface area contributed by atoms with E-state index in [0.717, 1.165) is 23.0 Å². The number of nitrogens with zero attached hydrogens (tertiary/aromatic N) is 4. The molecule has 3 aliphatic rings. The zero-order chi connectivity index (χ0) is 55.0. The molecule has 0 bridgehead atoms. The third-order valence-electron chi connectivity index (χ3n) is 14.3. The maximum Gasteiger partial charge on any atom is 0.309 e. The summed E-state index contributed by atoms with van der Waals surface area (Å²) in [6, 6.07) is 7.06. The fraction of sp³-hybridized carbons (Fsp3) is 0.691. The molecule has 3 saturated heterocycles. The number of β-amino-alcohol motifs (C(OH)–C–C–N with tert-alkyl or cyclic N) is 1. The third kappa shape index (κ3) is 17.4. The van der Waals surface area contributed by atoms with Crippen molar-refractivity contribution in [2.45, 2.75) is 192 Å². The van der Waals surface area contributed by atoms with Crippen LogP contribution < -0.4 is 0 Å². The minimum atomic E-state index is -1.45. The zero-order valence-electron chi connectivity index (χ0n) is 45.6. The van der Waals surface area contributed by atoms with Gasteiger partial charge in [-0.1, -0.05) is 51.1 Å². The molecule has 1 aromatic heterocycles. The molecule has 0 amide bonds. The summed E-state index contributed by atoms with van der Waals surface area (Å²) in [4.78, 5) is 77.1. The number of methoxy groups -OCH3 is 1. The van der Waals surface area contributed by atoms with E-state index in [2.05, 4.69) is 9.97 Å². The SMILES string of the molecule is CCC(=O)O[C@@H]1CC(=O)O[C@@H](C/C=C/c2cccc(-c3cncnc3)c2)CCCN(C)C[C@H](O)[C@H](C)C[C@H](CC=O)[C@H](O[C@@H]2OC(C)[C@H](O[C@H]3CC(C)(OC(C)=O)[C@@H](OC(=O)CC)C(C)O3)C(N(C)C)C2O)[C@H]1OC. The van der Waals surface area contributed by atoms with Crippen molar-refractivity contribution < 1.29 is 76.8 Å². The highest BCUT2D eigenvalue weighted by Crippen LogP contribution is 2.39. The number of carbonyl (C=O) groups excluding carboxylic acids is 5. The monoisotopic (exact) mass is 1050 g/mol. The van der Waals surface area contributed by atoms with Crippen molar-refractivity contribution in [2.75, 3.05) is 41.3 Å². The number of ether oxygens (including phenoxy) is 9. The number of aliphatic hydroxyl groups excluding tert-OH is 2. The second kappa shape index (κ2) is 29.1. The van der Waals surface area contributed by atoms with Crippen molar-refractivity contribution in [3.8, 4) is 11.1 Å². The van der Waals surface area contributed by atoms with Crippen LogP contribution in [-0.4, -0.2) is 187 Å².